The SMILES string of the molecule is OCCNc1nc(NCc2cccnc2)cc(C(F)(F)F)n1. The van der Waals surface area contributed by atoms with Crippen LogP contribution in [0, 0.1) is 0 Å². The average molecular weight is 313 g/mol. The van der Waals surface area contributed by atoms with Gasteiger partial charge < -0.3 is 15.7 Å². The molecule has 0 bridgehead atoms. The predicted molar refractivity (Wildman–Crippen MR) is 74.2 cm³/mol. The number of rotatable bonds is 6. The van der Waals surface area contributed by atoms with Crippen LogP contribution in [0.4, 0.5) is 24.9 Å². The number of alkyl halides is 3. The summed E-state index contributed by atoms with van der Waals surface area (Å²) in [5.41, 5.74) is -0.254. The molecule has 0 aliphatic rings. The molecular formula is C13H14F3N5O. The summed E-state index contributed by atoms with van der Waals surface area (Å²) >= 11 is 0. The quantitative estimate of drug-likeness (QED) is 0.755. The smallest absolute Gasteiger partial charge is 0.395 e. The highest BCUT2D eigenvalue weighted by molar-refractivity contribution is 5.43. The standard InChI is InChI=1S/C13H14F3N5O/c14-13(15,16)10-6-11(21-12(20-10)18-4-5-22)19-8-9-2-1-3-17-7-9/h1-3,6-7,22H,4-5,8H2,(H2,18,19,20,21). The number of aliphatic hydroxyl groups excluding tert-OH is 1. The fraction of sp³-hybridized carbons (Fsp3) is 0.308. The van der Waals surface area contributed by atoms with Gasteiger partial charge in [0.2, 0.25) is 5.95 Å². The molecule has 0 amide bonds. The summed E-state index contributed by atoms with van der Waals surface area (Å²) in [4.78, 5) is 11.2. The molecule has 0 saturated heterocycles. The van der Waals surface area contributed by atoms with E-state index in [1.807, 2.05) is 0 Å². The molecule has 2 heterocycles. The number of halogens is 3. The second-order valence-electron chi connectivity index (χ2n) is 4.33. The Labute approximate surface area is 124 Å². The van der Waals surface area contributed by atoms with Crippen LogP contribution in [0.15, 0.2) is 30.6 Å². The van der Waals surface area contributed by atoms with Crippen molar-refractivity contribution in [3.63, 3.8) is 0 Å². The fourth-order valence-corrected chi connectivity index (χ4v) is 1.63. The van der Waals surface area contributed by atoms with Gasteiger partial charge in [0.1, 0.15) is 5.82 Å². The lowest BCUT2D eigenvalue weighted by atomic mass is 10.3. The van der Waals surface area contributed by atoms with Crippen LogP contribution < -0.4 is 10.6 Å². The highest BCUT2D eigenvalue weighted by atomic mass is 19.4. The van der Waals surface area contributed by atoms with Gasteiger partial charge in [0.15, 0.2) is 5.69 Å². The third kappa shape index (κ3) is 4.55. The van der Waals surface area contributed by atoms with Crippen LogP contribution in [0.3, 0.4) is 0 Å². The summed E-state index contributed by atoms with van der Waals surface area (Å²) in [5.74, 6) is -0.163. The number of nitrogens with one attached hydrogen (secondary N) is 2. The van der Waals surface area contributed by atoms with Gasteiger partial charge in [0.05, 0.1) is 6.61 Å². The molecule has 9 heteroatoms. The number of nitrogens with zero attached hydrogens (tertiary/aromatic N) is 3. The van der Waals surface area contributed by atoms with Crippen molar-refractivity contribution < 1.29 is 18.3 Å². The zero-order valence-electron chi connectivity index (χ0n) is 11.4. The normalized spacial score (nSPS) is 11.3. The Kier molecular flexibility index (Phi) is 5.10. The molecule has 0 aliphatic carbocycles. The van der Waals surface area contributed by atoms with E-state index >= 15 is 0 Å². The number of pyridine rings is 1. The third-order valence-corrected chi connectivity index (χ3v) is 2.61. The van der Waals surface area contributed by atoms with E-state index in [0.717, 1.165) is 11.6 Å². The van der Waals surface area contributed by atoms with E-state index in [4.69, 9.17) is 5.11 Å². The largest absolute Gasteiger partial charge is 0.433 e. The number of aromatic nitrogens is 3. The monoisotopic (exact) mass is 313 g/mol. The van der Waals surface area contributed by atoms with E-state index in [9.17, 15) is 13.2 Å². The van der Waals surface area contributed by atoms with E-state index in [0.29, 0.717) is 0 Å². The molecule has 0 unspecified atom stereocenters. The second-order valence-corrected chi connectivity index (χ2v) is 4.33. The lowest BCUT2D eigenvalue weighted by molar-refractivity contribution is -0.141. The van der Waals surface area contributed by atoms with E-state index in [2.05, 4.69) is 25.6 Å². The minimum atomic E-state index is -4.58. The minimum absolute atomic E-state index is 0.0339. The van der Waals surface area contributed by atoms with Gasteiger partial charge in [0.25, 0.3) is 0 Å². The van der Waals surface area contributed by atoms with E-state index in [-0.39, 0.29) is 31.5 Å². The average Bonchev–Trinajstić information content (AvgIpc) is 2.51. The van der Waals surface area contributed by atoms with Crippen molar-refractivity contribution >= 4 is 11.8 Å². The highest BCUT2D eigenvalue weighted by Crippen LogP contribution is 2.29. The first kappa shape index (κ1) is 16.0. The zero-order chi connectivity index (χ0) is 16.0. The lowest BCUT2D eigenvalue weighted by Gasteiger charge is -2.12. The van der Waals surface area contributed by atoms with Crippen LogP contribution >= 0.6 is 0 Å². The molecule has 0 aliphatic heterocycles. The molecule has 6 nitrogen and oxygen atoms in total. The van der Waals surface area contributed by atoms with Gasteiger partial charge in [-0.15, -0.1) is 0 Å². The highest BCUT2D eigenvalue weighted by Gasteiger charge is 2.33. The van der Waals surface area contributed by atoms with Gasteiger partial charge in [-0.05, 0) is 11.6 Å². The van der Waals surface area contributed by atoms with Gasteiger partial charge in [-0.1, -0.05) is 6.07 Å². The predicted octanol–water partition coefficient (Wildman–Crippen LogP) is 1.91. The molecule has 0 fully saturated rings. The maximum atomic E-state index is 12.8. The van der Waals surface area contributed by atoms with E-state index < -0.39 is 11.9 Å². The molecule has 0 atom stereocenters. The Morgan fingerprint density at radius 2 is 2.00 bits per heavy atom. The Balaban J connectivity index is 2.18. The molecular weight excluding hydrogens is 299 g/mol. The van der Waals surface area contributed by atoms with Crippen molar-refractivity contribution in [3.05, 3.63) is 41.9 Å². The molecule has 3 N–H and O–H groups in total. The molecule has 0 spiro atoms. The summed E-state index contributed by atoms with van der Waals surface area (Å²) in [7, 11) is 0. The van der Waals surface area contributed by atoms with E-state index in [1.54, 1.807) is 24.5 Å². The van der Waals surface area contributed by atoms with Crippen molar-refractivity contribution in [1.29, 1.82) is 0 Å². The third-order valence-electron chi connectivity index (χ3n) is 2.61. The first-order valence-electron chi connectivity index (χ1n) is 6.43. The van der Waals surface area contributed by atoms with Gasteiger partial charge >= 0.3 is 6.18 Å². The number of anilines is 2. The van der Waals surface area contributed by atoms with Crippen LogP contribution in [0.25, 0.3) is 0 Å². The summed E-state index contributed by atoms with van der Waals surface area (Å²) < 4.78 is 38.5. The molecule has 2 aromatic heterocycles. The molecule has 0 saturated carbocycles. The van der Waals surface area contributed by atoms with Crippen LogP contribution in [-0.4, -0.2) is 33.2 Å². The second kappa shape index (κ2) is 7.03. The van der Waals surface area contributed by atoms with Crippen molar-refractivity contribution in [2.45, 2.75) is 12.7 Å². The van der Waals surface area contributed by atoms with E-state index in [1.165, 1.54) is 0 Å². The summed E-state index contributed by atoms with van der Waals surface area (Å²) in [6.45, 7) is 0.100. The first-order valence-corrected chi connectivity index (χ1v) is 6.43. The van der Waals surface area contributed by atoms with Crippen molar-refractivity contribution in [3.8, 4) is 0 Å². The summed E-state index contributed by atoms with van der Waals surface area (Å²) in [6.07, 6.45) is -1.38. The number of hydrogen-bond acceptors (Lipinski definition) is 6. The minimum Gasteiger partial charge on any atom is -0.395 e. The Bertz CT molecular complexity index is 606. The molecule has 118 valence electrons. The summed E-state index contributed by atoms with van der Waals surface area (Å²) in [5, 5.41) is 14.0. The number of hydrogen-bond donors (Lipinski definition) is 3. The van der Waals surface area contributed by atoms with Crippen LogP contribution in [0.1, 0.15) is 11.3 Å². The topological polar surface area (TPSA) is 83.0 Å². The van der Waals surface area contributed by atoms with Crippen molar-refractivity contribution in [1.82, 2.24) is 15.0 Å². The maximum Gasteiger partial charge on any atom is 0.433 e. The number of aliphatic hydroxyl groups is 1. The van der Waals surface area contributed by atoms with Crippen LogP contribution in [-0.2, 0) is 12.7 Å². The van der Waals surface area contributed by atoms with Gasteiger partial charge in [-0.2, -0.15) is 18.2 Å². The van der Waals surface area contributed by atoms with Crippen LogP contribution in [0.5, 0.6) is 0 Å². The van der Waals surface area contributed by atoms with Crippen LogP contribution in [0.2, 0.25) is 0 Å². The Hall–Kier alpha value is -2.42. The fourth-order valence-electron chi connectivity index (χ4n) is 1.63. The zero-order valence-corrected chi connectivity index (χ0v) is 11.4. The summed E-state index contributed by atoms with van der Waals surface area (Å²) in [6, 6.07) is 4.35. The van der Waals surface area contributed by atoms with Gasteiger partial charge in [-0.25, -0.2) is 4.98 Å². The molecule has 0 aromatic carbocycles. The van der Waals surface area contributed by atoms with Gasteiger partial charge in [0, 0.05) is 31.5 Å². The van der Waals surface area contributed by atoms with Gasteiger partial charge in [-0.3, -0.25) is 4.98 Å². The Morgan fingerprint density at radius 3 is 2.64 bits per heavy atom. The Morgan fingerprint density at radius 1 is 1.18 bits per heavy atom. The molecule has 0 radical (unpaired) electrons. The maximum absolute atomic E-state index is 12.8. The first-order chi connectivity index (χ1) is 10.5. The lowest BCUT2D eigenvalue weighted by Crippen LogP contribution is -2.15. The molecule has 22 heavy (non-hydrogen) atoms. The van der Waals surface area contributed by atoms with Crippen molar-refractivity contribution in [2.24, 2.45) is 0 Å². The van der Waals surface area contributed by atoms with Crippen molar-refractivity contribution in [2.75, 3.05) is 23.8 Å². The molecule has 2 aromatic rings. The molecule has 2 rings (SSSR count).